The van der Waals surface area contributed by atoms with Crippen LogP contribution in [0.15, 0.2) is 15.3 Å². The lowest BCUT2D eigenvalue weighted by Crippen LogP contribution is -2.39. The molecule has 1 fully saturated rings. The Morgan fingerprint density at radius 3 is 2.91 bits per heavy atom. The van der Waals surface area contributed by atoms with Crippen LogP contribution in [0.2, 0.25) is 0 Å². The number of anilines is 1. The number of hydrogen-bond acceptors (Lipinski definition) is 7. The van der Waals surface area contributed by atoms with Crippen molar-refractivity contribution in [2.24, 2.45) is 0 Å². The highest BCUT2D eigenvalue weighted by Crippen LogP contribution is 2.27. The molecule has 0 aromatic carbocycles. The summed E-state index contributed by atoms with van der Waals surface area (Å²) in [7, 11) is 3.72. The van der Waals surface area contributed by atoms with Crippen LogP contribution in [0.25, 0.3) is 0 Å². The maximum Gasteiger partial charge on any atom is 0.276 e. The molecule has 3 heterocycles. The van der Waals surface area contributed by atoms with Gasteiger partial charge < -0.3 is 18.7 Å². The zero-order valence-corrected chi connectivity index (χ0v) is 12.9. The monoisotopic (exact) mass is 305 g/mol. The Labute approximate surface area is 128 Å². The van der Waals surface area contributed by atoms with Crippen LogP contribution in [0, 0.1) is 6.92 Å². The van der Waals surface area contributed by atoms with Crippen LogP contribution in [-0.4, -0.2) is 53.1 Å². The third kappa shape index (κ3) is 2.68. The van der Waals surface area contributed by atoms with E-state index in [1.807, 2.05) is 14.1 Å². The standard InChI is InChI=1S/C14H19N5O3/c1-9-11(15-8-21-9)13(20)19-6-4-5-10(7-19)12-16-14(17-22-12)18(2)3/h8,10H,4-7H2,1-3H3. The predicted molar refractivity (Wildman–Crippen MR) is 77.7 cm³/mol. The Morgan fingerprint density at radius 1 is 1.45 bits per heavy atom. The SMILES string of the molecule is Cc1ocnc1C(=O)N1CCCC(c2nc(N(C)C)no2)C1. The topological polar surface area (TPSA) is 88.5 Å². The Hall–Kier alpha value is -2.38. The van der Waals surface area contributed by atoms with Gasteiger partial charge >= 0.3 is 0 Å². The number of amides is 1. The second kappa shape index (κ2) is 5.78. The summed E-state index contributed by atoms with van der Waals surface area (Å²) in [6.07, 6.45) is 3.12. The number of aryl methyl sites for hydroxylation is 1. The highest BCUT2D eigenvalue weighted by Gasteiger charge is 2.30. The van der Waals surface area contributed by atoms with Crippen LogP contribution in [-0.2, 0) is 0 Å². The van der Waals surface area contributed by atoms with Gasteiger partial charge in [0.2, 0.25) is 5.89 Å². The molecule has 1 amide bonds. The van der Waals surface area contributed by atoms with Crippen molar-refractivity contribution in [2.45, 2.75) is 25.7 Å². The van der Waals surface area contributed by atoms with E-state index in [1.165, 1.54) is 6.39 Å². The number of carbonyl (C=O) groups excluding carboxylic acids is 1. The summed E-state index contributed by atoms with van der Waals surface area (Å²) in [5.41, 5.74) is 0.375. The lowest BCUT2D eigenvalue weighted by molar-refractivity contribution is 0.0688. The van der Waals surface area contributed by atoms with Crippen molar-refractivity contribution in [3.63, 3.8) is 0 Å². The lowest BCUT2D eigenvalue weighted by Gasteiger charge is -2.30. The molecular formula is C14H19N5O3. The average Bonchev–Trinajstić information content (AvgIpc) is 3.15. The van der Waals surface area contributed by atoms with Gasteiger partial charge in [0.1, 0.15) is 5.76 Å². The van der Waals surface area contributed by atoms with Gasteiger partial charge in [-0.2, -0.15) is 4.98 Å². The fourth-order valence-electron chi connectivity index (χ4n) is 2.60. The first-order valence-corrected chi connectivity index (χ1v) is 7.26. The molecule has 0 saturated carbocycles. The highest BCUT2D eigenvalue weighted by molar-refractivity contribution is 5.93. The fraction of sp³-hybridized carbons (Fsp3) is 0.571. The summed E-state index contributed by atoms with van der Waals surface area (Å²) < 4.78 is 10.4. The van der Waals surface area contributed by atoms with Gasteiger partial charge in [-0.05, 0) is 24.9 Å². The summed E-state index contributed by atoms with van der Waals surface area (Å²) in [5.74, 6) is 1.62. The summed E-state index contributed by atoms with van der Waals surface area (Å²) in [6, 6.07) is 0. The Balaban J connectivity index is 1.73. The van der Waals surface area contributed by atoms with Gasteiger partial charge in [-0.3, -0.25) is 4.79 Å². The summed E-state index contributed by atoms with van der Waals surface area (Å²) in [4.78, 5) is 24.4. The molecule has 22 heavy (non-hydrogen) atoms. The van der Waals surface area contributed by atoms with Crippen molar-refractivity contribution in [3.8, 4) is 0 Å². The molecule has 1 aliphatic heterocycles. The number of oxazole rings is 1. The summed E-state index contributed by atoms with van der Waals surface area (Å²) in [5, 5.41) is 3.93. The van der Waals surface area contributed by atoms with Crippen LogP contribution < -0.4 is 4.90 Å². The van der Waals surface area contributed by atoms with E-state index in [0.717, 1.165) is 12.8 Å². The van der Waals surface area contributed by atoms with Crippen molar-refractivity contribution < 1.29 is 13.7 Å². The molecule has 1 atom stereocenters. The molecule has 8 nitrogen and oxygen atoms in total. The van der Waals surface area contributed by atoms with E-state index < -0.39 is 0 Å². The predicted octanol–water partition coefficient (Wildman–Crippen LogP) is 1.45. The van der Waals surface area contributed by atoms with Gasteiger partial charge in [0, 0.05) is 27.2 Å². The number of hydrogen-bond donors (Lipinski definition) is 0. The number of piperidine rings is 1. The van der Waals surface area contributed by atoms with E-state index in [1.54, 1.807) is 16.7 Å². The second-order valence-electron chi connectivity index (χ2n) is 5.67. The Morgan fingerprint density at radius 2 is 2.27 bits per heavy atom. The molecule has 1 unspecified atom stereocenters. The number of nitrogens with zero attached hydrogens (tertiary/aromatic N) is 5. The zero-order chi connectivity index (χ0) is 15.7. The first-order valence-electron chi connectivity index (χ1n) is 7.26. The first-order chi connectivity index (χ1) is 10.6. The minimum absolute atomic E-state index is 0.0612. The normalized spacial score (nSPS) is 18.5. The molecule has 2 aromatic rings. The summed E-state index contributed by atoms with van der Waals surface area (Å²) >= 11 is 0. The lowest BCUT2D eigenvalue weighted by atomic mass is 9.97. The van der Waals surface area contributed by atoms with Crippen molar-refractivity contribution in [3.05, 3.63) is 23.7 Å². The van der Waals surface area contributed by atoms with E-state index in [-0.39, 0.29) is 11.8 Å². The van der Waals surface area contributed by atoms with Gasteiger partial charge in [0.15, 0.2) is 12.1 Å². The van der Waals surface area contributed by atoms with Gasteiger partial charge in [-0.15, -0.1) is 0 Å². The average molecular weight is 305 g/mol. The number of likely N-dealkylation sites (tertiary alicyclic amines) is 1. The molecule has 3 rings (SSSR count). The number of rotatable bonds is 3. The van der Waals surface area contributed by atoms with Crippen LogP contribution in [0.4, 0.5) is 5.95 Å². The molecule has 1 saturated heterocycles. The van der Waals surface area contributed by atoms with E-state index in [2.05, 4.69) is 15.1 Å². The number of carbonyl (C=O) groups is 1. The minimum Gasteiger partial charge on any atom is -0.448 e. The Bertz CT molecular complexity index is 663. The van der Waals surface area contributed by atoms with Crippen molar-refractivity contribution >= 4 is 11.9 Å². The van der Waals surface area contributed by atoms with Crippen molar-refractivity contribution in [1.29, 1.82) is 0 Å². The molecule has 118 valence electrons. The zero-order valence-electron chi connectivity index (χ0n) is 12.9. The van der Waals surface area contributed by atoms with Gasteiger partial charge in [-0.25, -0.2) is 4.98 Å². The smallest absolute Gasteiger partial charge is 0.276 e. The third-order valence-electron chi connectivity index (χ3n) is 3.84. The highest BCUT2D eigenvalue weighted by atomic mass is 16.5. The molecule has 0 N–H and O–H groups in total. The molecule has 0 spiro atoms. The molecule has 0 radical (unpaired) electrons. The molecule has 0 aliphatic carbocycles. The van der Waals surface area contributed by atoms with Gasteiger partial charge in [-0.1, -0.05) is 0 Å². The van der Waals surface area contributed by atoms with Crippen molar-refractivity contribution in [2.75, 3.05) is 32.1 Å². The maximum absolute atomic E-state index is 12.5. The molecule has 8 heteroatoms. The maximum atomic E-state index is 12.5. The second-order valence-corrected chi connectivity index (χ2v) is 5.67. The third-order valence-corrected chi connectivity index (χ3v) is 3.84. The van der Waals surface area contributed by atoms with Crippen LogP contribution in [0.1, 0.15) is 40.9 Å². The van der Waals surface area contributed by atoms with Gasteiger partial charge in [0.25, 0.3) is 11.9 Å². The quantitative estimate of drug-likeness (QED) is 0.848. The van der Waals surface area contributed by atoms with Gasteiger partial charge in [0.05, 0.1) is 5.92 Å². The van der Waals surface area contributed by atoms with E-state index in [9.17, 15) is 4.79 Å². The van der Waals surface area contributed by atoms with Crippen LogP contribution in [0.5, 0.6) is 0 Å². The summed E-state index contributed by atoms with van der Waals surface area (Å²) in [6.45, 7) is 3.00. The van der Waals surface area contributed by atoms with E-state index in [0.29, 0.717) is 36.4 Å². The first kappa shape index (κ1) is 14.6. The Kier molecular flexibility index (Phi) is 3.82. The van der Waals surface area contributed by atoms with E-state index >= 15 is 0 Å². The van der Waals surface area contributed by atoms with Crippen molar-refractivity contribution in [1.82, 2.24) is 20.0 Å². The molecule has 0 bridgehead atoms. The van der Waals surface area contributed by atoms with E-state index in [4.69, 9.17) is 8.94 Å². The minimum atomic E-state index is -0.108. The van der Waals surface area contributed by atoms with Crippen LogP contribution in [0.3, 0.4) is 0 Å². The van der Waals surface area contributed by atoms with Crippen LogP contribution >= 0.6 is 0 Å². The fourth-order valence-corrected chi connectivity index (χ4v) is 2.60. The molecule has 1 aliphatic rings. The molecular weight excluding hydrogens is 286 g/mol. The largest absolute Gasteiger partial charge is 0.448 e. The number of aromatic nitrogens is 3. The molecule has 2 aromatic heterocycles.